The van der Waals surface area contributed by atoms with Gasteiger partial charge in [-0.1, -0.05) is 11.8 Å². The van der Waals surface area contributed by atoms with Gasteiger partial charge < -0.3 is 20.5 Å². The highest BCUT2D eigenvalue weighted by molar-refractivity contribution is 8.13. The summed E-state index contributed by atoms with van der Waals surface area (Å²) < 4.78 is 54.6. The van der Waals surface area contributed by atoms with Gasteiger partial charge in [-0.2, -0.15) is 0 Å². The van der Waals surface area contributed by atoms with E-state index in [0.29, 0.717) is 0 Å². The van der Waals surface area contributed by atoms with Crippen LogP contribution in [0, 0.1) is 11.6 Å². The number of amidine groups is 1. The largest absolute Gasteiger partial charge is 0.495 e. The van der Waals surface area contributed by atoms with Gasteiger partial charge in [0, 0.05) is 23.1 Å². The number of nitrogens with zero attached hydrogens (tertiary/aromatic N) is 2. The second-order valence-electron chi connectivity index (χ2n) is 6.91. The molecule has 1 amide bonds. The highest BCUT2D eigenvalue weighted by Gasteiger charge is 2.61. The Hall–Kier alpha value is -2.50. The lowest BCUT2D eigenvalue weighted by atomic mass is 9.79. The van der Waals surface area contributed by atoms with Crippen LogP contribution in [0.3, 0.4) is 0 Å². The highest BCUT2D eigenvalue weighted by Crippen LogP contribution is 2.50. The number of carbonyl (C=O) groups excluding carboxylic acids is 1. The van der Waals surface area contributed by atoms with Gasteiger partial charge in [0.2, 0.25) is 0 Å². The van der Waals surface area contributed by atoms with Crippen molar-refractivity contribution in [3.8, 4) is 5.75 Å². The number of aliphatic imine (C=N–C) groups is 1. The number of hydrogen-bond acceptors (Lipinski definition) is 7. The van der Waals surface area contributed by atoms with Crippen molar-refractivity contribution in [1.82, 2.24) is 4.98 Å². The third-order valence-electron chi connectivity index (χ3n) is 5.07. The first-order chi connectivity index (χ1) is 14.3. The molecule has 1 fully saturated rings. The summed E-state index contributed by atoms with van der Waals surface area (Å²) in [5.41, 5.74) is 1.70. The molecule has 31 heavy (non-hydrogen) atoms. The van der Waals surface area contributed by atoms with Crippen LogP contribution in [-0.2, 0) is 10.3 Å². The van der Waals surface area contributed by atoms with E-state index in [4.69, 9.17) is 15.2 Å². The predicted octanol–water partition coefficient (Wildman–Crippen LogP) is 3.04. The first-order valence-corrected chi connectivity index (χ1v) is 9.82. The van der Waals surface area contributed by atoms with E-state index in [1.54, 1.807) is 0 Å². The van der Waals surface area contributed by atoms with Crippen LogP contribution in [0.2, 0.25) is 0 Å². The molecule has 0 bridgehead atoms. The molecule has 166 valence electrons. The van der Waals surface area contributed by atoms with Crippen LogP contribution in [-0.4, -0.2) is 47.8 Å². The predicted molar refractivity (Wildman–Crippen MR) is 113 cm³/mol. The number of anilines is 1. The number of benzene rings is 1. The molecule has 2 unspecified atom stereocenters. The topological polar surface area (TPSA) is 98.8 Å². The zero-order chi connectivity index (χ0) is 21.5. The standard InChI is InChI=1S/C19H17F3N4O3S.ClH/c1-28-11-5-14(21)15(24-6-11)16(27)25-10-2-3-13(20)12(4-10)19-8-29-7-18(19,22)9-30-17(23)26-19;/h2-6H,7-9H2,1H3,(H2,23,26)(H,25,27);1H. The van der Waals surface area contributed by atoms with E-state index in [2.05, 4.69) is 15.3 Å². The quantitative estimate of drug-likeness (QED) is 0.706. The number of halogens is 4. The fraction of sp³-hybridized carbons (Fsp3) is 0.316. The normalized spacial score (nSPS) is 24.6. The van der Waals surface area contributed by atoms with Crippen molar-refractivity contribution >= 4 is 40.9 Å². The number of fused-ring (bicyclic) bond motifs is 1. The molecule has 12 heteroatoms. The molecule has 3 N–H and O–H groups in total. The number of nitrogens with two attached hydrogens (primary N) is 1. The van der Waals surface area contributed by atoms with Crippen molar-refractivity contribution in [2.75, 3.05) is 31.4 Å². The van der Waals surface area contributed by atoms with Crippen LogP contribution < -0.4 is 15.8 Å². The Balaban J connectivity index is 0.00000272. The Morgan fingerprint density at radius 1 is 1.29 bits per heavy atom. The highest BCUT2D eigenvalue weighted by atomic mass is 35.5. The SMILES string of the molecule is COc1cnc(C(=O)Nc2ccc(F)c(C34COCC3(F)CSC(N)=N4)c2)c(F)c1.Cl. The minimum absolute atomic E-state index is 0. The lowest BCUT2D eigenvalue weighted by molar-refractivity contribution is 0.101. The van der Waals surface area contributed by atoms with E-state index in [-0.39, 0.29) is 53.5 Å². The number of amides is 1. The van der Waals surface area contributed by atoms with E-state index >= 15 is 4.39 Å². The first kappa shape index (κ1) is 23.2. The van der Waals surface area contributed by atoms with E-state index < -0.39 is 34.4 Å². The van der Waals surface area contributed by atoms with E-state index in [9.17, 15) is 13.6 Å². The molecule has 0 aliphatic carbocycles. The summed E-state index contributed by atoms with van der Waals surface area (Å²) in [6, 6.07) is 4.62. The van der Waals surface area contributed by atoms with E-state index in [1.165, 1.54) is 25.4 Å². The van der Waals surface area contributed by atoms with Gasteiger partial charge in [0.15, 0.2) is 27.9 Å². The van der Waals surface area contributed by atoms with Gasteiger partial charge in [-0.3, -0.25) is 4.79 Å². The zero-order valence-corrected chi connectivity index (χ0v) is 17.8. The fourth-order valence-electron chi connectivity index (χ4n) is 3.50. The monoisotopic (exact) mass is 474 g/mol. The summed E-state index contributed by atoms with van der Waals surface area (Å²) in [6.07, 6.45) is 1.19. The van der Waals surface area contributed by atoms with Crippen molar-refractivity contribution in [3.63, 3.8) is 0 Å². The number of thioether (sulfide) groups is 1. The number of aromatic nitrogens is 1. The van der Waals surface area contributed by atoms with Gasteiger partial charge in [-0.05, 0) is 18.2 Å². The molecule has 2 atom stereocenters. The van der Waals surface area contributed by atoms with Crippen LogP contribution >= 0.6 is 24.2 Å². The van der Waals surface area contributed by atoms with Gasteiger partial charge in [0.05, 0.1) is 26.5 Å². The van der Waals surface area contributed by atoms with Crippen LogP contribution in [0.4, 0.5) is 18.9 Å². The number of hydrogen-bond donors (Lipinski definition) is 2. The third kappa shape index (κ3) is 3.92. The Morgan fingerprint density at radius 3 is 2.77 bits per heavy atom. The van der Waals surface area contributed by atoms with Crippen LogP contribution in [0.1, 0.15) is 16.1 Å². The lowest BCUT2D eigenvalue weighted by Gasteiger charge is -2.38. The van der Waals surface area contributed by atoms with Gasteiger partial charge >= 0.3 is 0 Å². The number of pyridine rings is 1. The summed E-state index contributed by atoms with van der Waals surface area (Å²) in [5, 5.41) is 2.56. The molecule has 2 aliphatic rings. The zero-order valence-electron chi connectivity index (χ0n) is 16.2. The molecule has 2 aromatic rings. The van der Waals surface area contributed by atoms with Crippen LogP contribution in [0.15, 0.2) is 35.5 Å². The summed E-state index contributed by atoms with van der Waals surface area (Å²) >= 11 is 1.03. The second kappa shape index (κ2) is 8.56. The van der Waals surface area contributed by atoms with Crippen molar-refractivity contribution in [2.45, 2.75) is 11.2 Å². The number of rotatable bonds is 4. The van der Waals surface area contributed by atoms with Gasteiger partial charge in [-0.25, -0.2) is 23.1 Å². The molecule has 4 rings (SSSR count). The summed E-state index contributed by atoms with van der Waals surface area (Å²) in [6.45, 7) is -0.457. The molecule has 0 spiro atoms. The first-order valence-electron chi connectivity index (χ1n) is 8.84. The maximum atomic E-state index is 15.6. The van der Waals surface area contributed by atoms with Crippen LogP contribution in [0.25, 0.3) is 0 Å². The summed E-state index contributed by atoms with van der Waals surface area (Å²) in [4.78, 5) is 20.4. The number of methoxy groups -OCH3 is 1. The Labute approximate surface area is 186 Å². The number of nitrogens with one attached hydrogen (secondary N) is 1. The molecular weight excluding hydrogens is 457 g/mol. The molecule has 2 aliphatic heterocycles. The Morgan fingerprint density at radius 2 is 2.06 bits per heavy atom. The third-order valence-corrected chi connectivity index (χ3v) is 6.06. The molecular formula is C19H18ClF3N4O3S. The maximum Gasteiger partial charge on any atom is 0.277 e. The molecule has 0 radical (unpaired) electrons. The fourth-order valence-corrected chi connectivity index (χ4v) is 4.42. The average molecular weight is 475 g/mol. The number of carbonyl (C=O) groups is 1. The van der Waals surface area contributed by atoms with Crippen molar-refractivity contribution in [2.24, 2.45) is 10.7 Å². The van der Waals surface area contributed by atoms with E-state index in [0.717, 1.165) is 23.9 Å². The molecule has 1 saturated heterocycles. The van der Waals surface area contributed by atoms with Gasteiger partial charge in [0.25, 0.3) is 5.91 Å². The minimum Gasteiger partial charge on any atom is -0.495 e. The molecule has 3 heterocycles. The summed E-state index contributed by atoms with van der Waals surface area (Å²) in [5.74, 6) is -2.36. The van der Waals surface area contributed by atoms with Crippen molar-refractivity contribution < 1.29 is 27.4 Å². The molecule has 0 saturated carbocycles. The van der Waals surface area contributed by atoms with E-state index in [1.807, 2.05) is 0 Å². The maximum absolute atomic E-state index is 15.6. The number of ether oxygens (including phenoxy) is 2. The minimum atomic E-state index is -1.96. The van der Waals surface area contributed by atoms with Crippen molar-refractivity contribution in [1.29, 1.82) is 0 Å². The molecule has 1 aromatic heterocycles. The second-order valence-corrected chi connectivity index (χ2v) is 7.91. The Kier molecular flexibility index (Phi) is 6.40. The summed E-state index contributed by atoms with van der Waals surface area (Å²) in [7, 11) is 1.34. The van der Waals surface area contributed by atoms with Crippen LogP contribution in [0.5, 0.6) is 5.75 Å². The number of alkyl halides is 1. The van der Waals surface area contributed by atoms with Gasteiger partial charge in [0.1, 0.15) is 11.6 Å². The van der Waals surface area contributed by atoms with Crippen molar-refractivity contribution in [3.05, 3.63) is 53.4 Å². The molecule has 1 aromatic carbocycles. The smallest absolute Gasteiger partial charge is 0.277 e. The Bertz CT molecular complexity index is 1060. The molecule has 7 nitrogen and oxygen atoms in total. The lowest BCUT2D eigenvalue weighted by Crippen LogP contribution is -2.52. The van der Waals surface area contributed by atoms with Gasteiger partial charge in [-0.15, -0.1) is 12.4 Å². The average Bonchev–Trinajstić information content (AvgIpc) is 3.06.